The SMILES string of the molecule is Cl.N[C@H]1C[C@H](CC(=O)O)C1. The lowest BCUT2D eigenvalue weighted by molar-refractivity contribution is -0.138. The summed E-state index contributed by atoms with van der Waals surface area (Å²) in [6, 6.07) is 0.273. The highest BCUT2D eigenvalue weighted by atomic mass is 35.5. The molecule has 0 spiro atoms. The van der Waals surface area contributed by atoms with Crippen LogP contribution in [0.2, 0.25) is 0 Å². The normalized spacial score (nSPS) is 30.1. The number of carboxylic acids is 1. The molecule has 1 fully saturated rings. The van der Waals surface area contributed by atoms with Gasteiger partial charge in [0.25, 0.3) is 0 Å². The van der Waals surface area contributed by atoms with Crippen molar-refractivity contribution >= 4 is 18.4 Å². The number of aliphatic carboxylic acids is 1. The number of halogens is 1. The summed E-state index contributed by atoms with van der Waals surface area (Å²) >= 11 is 0. The molecule has 1 aliphatic rings. The molecule has 0 radical (unpaired) electrons. The van der Waals surface area contributed by atoms with Crippen LogP contribution in [0, 0.1) is 5.92 Å². The van der Waals surface area contributed by atoms with Crippen molar-refractivity contribution in [3.8, 4) is 0 Å². The first kappa shape index (κ1) is 9.72. The zero-order valence-electron chi connectivity index (χ0n) is 5.62. The predicted octanol–water partition coefficient (Wildman–Crippen LogP) is 0.620. The molecule has 60 valence electrons. The van der Waals surface area contributed by atoms with Gasteiger partial charge in [0.2, 0.25) is 0 Å². The first-order chi connectivity index (χ1) is 4.18. The Hall–Kier alpha value is -0.280. The molecule has 1 aliphatic carbocycles. The van der Waals surface area contributed by atoms with E-state index in [1.165, 1.54) is 0 Å². The number of rotatable bonds is 2. The summed E-state index contributed by atoms with van der Waals surface area (Å²) < 4.78 is 0. The lowest BCUT2D eigenvalue weighted by Gasteiger charge is -2.30. The number of nitrogens with two attached hydrogens (primary N) is 1. The maximum absolute atomic E-state index is 10.1. The van der Waals surface area contributed by atoms with Crippen LogP contribution in [0.25, 0.3) is 0 Å². The van der Waals surface area contributed by atoms with Gasteiger partial charge in [-0.1, -0.05) is 0 Å². The highest BCUT2D eigenvalue weighted by molar-refractivity contribution is 5.85. The van der Waals surface area contributed by atoms with Crippen molar-refractivity contribution in [3.63, 3.8) is 0 Å². The van der Waals surface area contributed by atoms with Crippen molar-refractivity contribution in [2.24, 2.45) is 11.7 Å². The van der Waals surface area contributed by atoms with Crippen molar-refractivity contribution in [3.05, 3.63) is 0 Å². The third-order valence-corrected chi connectivity index (χ3v) is 1.74. The first-order valence-corrected chi connectivity index (χ1v) is 3.16. The maximum atomic E-state index is 10.1. The lowest BCUT2D eigenvalue weighted by Crippen LogP contribution is -2.37. The van der Waals surface area contributed by atoms with Crippen molar-refractivity contribution in [2.75, 3.05) is 0 Å². The average molecular weight is 166 g/mol. The third-order valence-electron chi connectivity index (χ3n) is 1.74. The fraction of sp³-hybridized carbons (Fsp3) is 0.833. The molecule has 0 heterocycles. The largest absolute Gasteiger partial charge is 0.481 e. The Morgan fingerprint density at radius 1 is 1.60 bits per heavy atom. The van der Waals surface area contributed by atoms with Crippen molar-refractivity contribution < 1.29 is 9.90 Å². The second-order valence-electron chi connectivity index (χ2n) is 2.70. The van der Waals surface area contributed by atoms with Gasteiger partial charge in [0.1, 0.15) is 0 Å². The molecular formula is C6H12ClNO2. The Kier molecular flexibility index (Phi) is 3.68. The molecule has 0 aliphatic heterocycles. The quantitative estimate of drug-likeness (QED) is 0.631. The Morgan fingerprint density at radius 3 is 2.40 bits per heavy atom. The van der Waals surface area contributed by atoms with E-state index in [1.807, 2.05) is 0 Å². The minimum absolute atomic E-state index is 0. The van der Waals surface area contributed by atoms with E-state index in [9.17, 15) is 4.79 Å². The summed E-state index contributed by atoms with van der Waals surface area (Å²) in [5, 5.41) is 8.29. The van der Waals surface area contributed by atoms with Gasteiger partial charge >= 0.3 is 5.97 Å². The molecule has 4 heteroatoms. The molecular weight excluding hydrogens is 154 g/mol. The minimum Gasteiger partial charge on any atom is -0.481 e. The minimum atomic E-state index is -0.702. The molecule has 3 nitrogen and oxygen atoms in total. The van der Waals surface area contributed by atoms with Gasteiger partial charge in [-0.3, -0.25) is 4.79 Å². The van der Waals surface area contributed by atoms with Crippen LogP contribution in [0.5, 0.6) is 0 Å². The first-order valence-electron chi connectivity index (χ1n) is 3.16. The van der Waals surface area contributed by atoms with Gasteiger partial charge < -0.3 is 10.8 Å². The van der Waals surface area contributed by atoms with E-state index in [2.05, 4.69) is 0 Å². The Morgan fingerprint density at radius 2 is 2.10 bits per heavy atom. The topological polar surface area (TPSA) is 63.3 Å². The van der Waals surface area contributed by atoms with Crippen LogP contribution >= 0.6 is 12.4 Å². The van der Waals surface area contributed by atoms with Crippen LogP contribution < -0.4 is 5.73 Å². The summed E-state index contributed by atoms with van der Waals surface area (Å²) in [6.07, 6.45) is 2.09. The summed E-state index contributed by atoms with van der Waals surface area (Å²) in [7, 11) is 0. The molecule has 0 aromatic carbocycles. The summed E-state index contributed by atoms with van der Waals surface area (Å²) in [6.45, 7) is 0. The molecule has 1 rings (SSSR count). The number of hydrogen-bond acceptors (Lipinski definition) is 2. The van der Waals surface area contributed by atoms with Crippen molar-refractivity contribution in [1.29, 1.82) is 0 Å². The molecule has 0 amide bonds. The van der Waals surface area contributed by atoms with E-state index in [1.54, 1.807) is 0 Å². The van der Waals surface area contributed by atoms with E-state index < -0.39 is 5.97 Å². The van der Waals surface area contributed by atoms with E-state index >= 15 is 0 Å². The van der Waals surface area contributed by atoms with E-state index in [0.717, 1.165) is 12.8 Å². The fourth-order valence-corrected chi connectivity index (χ4v) is 1.20. The maximum Gasteiger partial charge on any atom is 0.303 e. The zero-order chi connectivity index (χ0) is 6.85. The number of carbonyl (C=O) groups is 1. The highest BCUT2D eigenvalue weighted by Crippen LogP contribution is 2.28. The standard InChI is InChI=1S/C6H11NO2.ClH/c7-5-1-4(2-5)3-6(8)9;/h4-5H,1-3,7H2,(H,8,9);1H/t4-,5-;. The second-order valence-corrected chi connectivity index (χ2v) is 2.70. The third kappa shape index (κ3) is 2.54. The highest BCUT2D eigenvalue weighted by Gasteiger charge is 2.27. The van der Waals surface area contributed by atoms with Gasteiger partial charge in [-0.15, -0.1) is 12.4 Å². The van der Waals surface area contributed by atoms with Crippen LogP contribution in [0.4, 0.5) is 0 Å². The molecule has 0 aromatic heterocycles. The Balaban J connectivity index is 0.000000810. The van der Waals surface area contributed by atoms with Crippen LogP contribution in [-0.4, -0.2) is 17.1 Å². The molecule has 0 saturated heterocycles. The second kappa shape index (κ2) is 3.78. The Bertz CT molecular complexity index is 123. The van der Waals surface area contributed by atoms with E-state index in [4.69, 9.17) is 10.8 Å². The average Bonchev–Trinajstić information content (AvgIpc) is 1.60. The van der Waals surface area contributed by atoms with Crippen LogP contribution in [-0.2, 0) is 4.79 Å². The number of hydrogen-bond donors (Lipinski definition) is 2. The molecule has 0 unspecified atom stereocenters. The molecule has 0 aromatic rings. The summed E-state index contributed by atoms with van der Waals surface area (Å²) in [5.74, 6) is -0.343. The predicted molar refractivity (Wildman–Crippen MR) is 40.2 cm³/mol. The molecule has 3 N–H and O–H groups in total. The Labute approximate surface area is 66.0 Å². The molecule has 10 heavy (non-hydrogen) atoms. The summed E-state index contributed by atoms with van der Waals surface area (Å²) in [4.78, 5) is 10.1. The van der Waals surface area contributed by atoms with Crippen LogP contribution in [0.3, 0.4) is 0 Å². The fourth-order valence-electron chi connectivity index (χ4n) is 1.20. The van der Waals surface area contributed by atoms with Crippen molar-refractivity contribution in [1.82, 2.24) is 0 Å². The van der Waals surface area contributed by atoms with Crippen LogP contribution in [0.1, 0.15) is 19.3 Å². The smallest absolute Gasteiger partial charge is 0.303 e. The van der Waals surface area contributed by atoms with E-state index in [0.29, 0.717) is 12.3 Å². The molecule has 0 bridgehead atoms. The molecule has 1 saturated carbocycles. The van der Waals surface area contributed by atoms with Gasteiger partial charge in [-0.05, 0) is 18.8 Å². The number of carboxylic acid groups (broad SMARTS) is 1. The summed E-state index contributed by atoms with van der Waals surface area (Å²) in [5.41, 5.74) is 5.45. The van der Waals surface area contributed by atoms with Gasteiger partial charge in [0.05, 0.1) is 0 Å². The van der Waals surface area contributed by atoms with E-state index in [-0.39, 0.29) is 18.4 Å². The van der Waals surface area contributed by atoms with Gasteiger partial charge in [-0.25, -0.2) is 0 Å². The van der Waals surface area contributed by atoms with Crippen molar-refractivity contribution in [2.45, 2.75) is 25.3 Å². The lowest BCUT2D eigenvalue weighted by atomic mass is 9.79. The molecule has 0 atom stereocenters. The monoisotopic (exact) mass is 165 g/mol. The van der Waals surface area contributed by atoms with Gasteiger partial charge in [0.15, 0.2) is 0 Å². The van der Waals surface area contributed by atoms with Crippen LogP contribution in [0.15, 0.2) is 0 Å². The van der Waals surface area contributed by atoms with Gasteiger partial charge in [0, 0.05) is 12.5 Å². The van der Waals surface area contributed by atoms with Gasteiger partial charge in [-0.2, -0.15) is 0 Å². The zero-order valence-corrected chi connectivity index (χ0v) is 6.43.